The van der Waals surface area contributed by atoms with E-state index in [-0.39, 0.29) is 11.4 Å². The third-order valence-corrected chi connectivity index (χ3v) is 1.83. The van der Waals surface area contributed by atoms with Gasteiger partial charge in [-0.2, -0.15) is 5.10 Å². The molecule has 0 radical (unpaired) electrons. The van der Waals surface area contributed by atoms with E-state index in [2.05, 4.69) is 10.2 Å². The topological polar surface area (TPSA) is 75.2 Å². The first-order valence-corrected chi connectivity index (χ1v) is 3.76. The molecule has 60 valence electrons. The summed E-state index contributed by atoms with van der Waals surface area (Å²) in [5, 5.41) is 14.6. The van der Waals surface area contributed by atoms with Crippen molar-refractivity contribution in [3.8, 4) is 5.75 Å². The lowest BCUT2D eigenvalue weighted by atomic mass is 10.4. The second kappa shape index (κ2) is 3.07. The van der Waals surface area contributed by atoms with Crippen LogP contribution >= 0.6 is 22.6 Å². The van der Waals surface area contributed by atoms with Gasteiger partial charge in [-0.3, -0.25) is 5.10 Å². The molecule has 0 spiro atoms. The highest BCUT2D eigenvalue weighted by molar-refractivity contribution is 14.1. The molecule has 0 unspecified atom stereocenters. The third kappa shape index (κ3) is 1.44. The van der Waals surface area contributed by atoms with Crippen LogP contribution in [0, 0.1) is 3.70 Å². The summed E-state index contributed by atoms with van der Waals surface area (Å²) in [7, 11) is 1.40. The Morgan fingerprint density at radius 1 is 1.82 bits per heavy atom. The molecule has 5 nitrogen and oxygen atoms in total. The molecule has 0 amide bonds. The zero-order valence-electron chi connectivity index (χ0n) is 5.59. The number of nitrogens with one attached hydrogen (secondary N) is 1. The van der Waals surface area contributed by atoms with Gasteiger partial charge in [0.2, 0.25) is 0 Å². The van der Waals surface area contributed by atoms with E-state index in [1.807, 2.05) is 22.6 Å². The van der Waals surface area contributed by atoms with Gasteiger partial charge in [0.05, 0.1) is 7.11 Å². The predicted octanol–water partition coefficient (Wildman–Crippen LogP) is 0.721. The van der Waals surface area contributed by atoms with Crippen molar-refractivity contribution in [3.05, 3.63) is 9.39 Å². The summed E-state index contributed by atoms with van der Waals surface area (Å²) >= 11 is 1.88. The Bertz CT molecular complexity index is 283. The summed E-state index contributed by atoms with van der Waals surface area (Å²) in [5.74, 6) is -0.796. The number of rotatable bonds is 2. The number of carbonyl (C=O) groups is 1. The smallest absolute Gasteiger partial charge is 0.357 e. The molecule has 0 fully saturated rings. The standard InChI is InChI=1S/C5H5IN2O3/c1-11-3-2(5(9)10)7-8-4(3)6/h1H3,(H,7,8)(H,9,10). The number of halogens is 1. The molecular formula is C5H5IN2O3. The number of aromatic amines is 1. The molecular weight excluding hydrogens is 263 g/mol. The Kier molecular flexibility index (Phi) is 2.32. The molecule has 0 aliphatic heterocycles. The predicted molar refractivity (Wildman–Crippen MR) is 44.8 cm³/mol. The minimum absolute atomic E-state index is 0.0168. The fourth-order valence-corrected chi connectivity index (χ4v) is 1.25. The molecule has 0 aliphatic rings. The molecule has 0 aliphatic carbocycles. The quantitative estimate of drug-likeness (QED) is 0.775. The number of H-pyrrole nitrogens is 1. The largest absolute Gasteiger partial charge is 0.492 e. The molecule has 0 aromatic carbocycles. The summed E-state index contributed by atoms with van der Waals surface area (Å²) in [6, 6.07) is 0. The van der Waals surface area contributed by atoms with Crippen LogP contribution < -0.4 is 4.74 Å². The second-order valence-corrected chi connectivity index (χ2v) is 2.75. The third-order valence-electron chi connectivity index (χ3n) is 1.10. The number of aromatic nitrogens is 2. The minimum Gasteiger partial charge on any atom is -0.492 e. The van der Waals surface area contributed by atoms with Crippen molar-refractivity contribution in [1.29, 1.82) is 0 Å². The zero-order chi connectivity index (χ0) is 8.43. The Labute approximate surface area is 75.9 Å². The van der Waals surface area contributed by atoms with E-state index < -0.39 is 5.97 Å². The summed E-state index contributed by atoms with van der Waals surface area (Å²) in [6.45, 7) is 0. The maximum atomic E-state index is 10.4. The number of carboxylic acids is 1. The van der Waals surface area contributed by atoms with Crippen molar-refractivity contribution in [3.63, 3.8) is 0 Å². The fraction of sp³-hybridized carbons (Fsp3) is 0.200. The molecule has 0 bridgehead atoms. The molecule has 0 atom stereocenters. The van der Waals surface area contributed by atoms with Gasteiger partial charge in [-0.25, -0.2) is 4.79 Å². The van der Waals surface area contributed by atoms with Crippen LogP contribution in [0.25, 0.3) is 0 Å². The van der Waals surface area contributed by atoms with Gasteiger partial charge in [0.25, 0.3) is 0 Å². The lowest BCUT2D eigenvalue weighted by molar-refractivity contribution is 0.0687. The number of carboxylic acid groups (broad SMARTS) is 1. The second-order valence-electron chi connectivity index (χ2n) is 1.73. The Morgan fingerprint density at radius 3 is 2.82 bits per heavy atom. The van der Waals surface area contributed by atoms with Crippen LogP contribution in [0.4, 0.5) is 0 Å². The molecule has 11 heavy (non-hydrogen) atoms. The van der Waals surface area contributed by atoms with Crippen molar-refractivity contribution in [2.75, 3.05) is 7.11 Å². The van der Waals surface area contributed by atoms with Crippen molar-refractivity contribution < 1.29 is 14.6 Å². The van der Waals surface area contributed by atoms with E-state index in [0.717, 1.165) is 0 Å². The zero-order valence-corrected chi connectivity index (χ0v) is 7.75. The average Bonchev–Trinajstić information content (AvgIpc) is 2.30. The van der Waals surface area contributed by atoms with Gasteiger partial charge in [-0.1, -0.05) is 0 Å². The summed E-state index contributed by atoms with van der Waals surface area (Å²) in [6.07, 6.45) is 0. The molecule has 1 aromatic rings. The maximum Gasteiger partial charge on any atom is 0.357 e. The van der Waals surface area contributed by atoms with Crippen LogP contribution in [0.1, 0.15) is 10.5 Å². The Morgan fingerprint density at radius 2 is 2.45 bits per heavy atom. The highest BCUT2D eigenvalue weighted by atomic mass is 127. The van der Waals surface area contributed by atoms with Gasteiger partial charge in [0.1, 0.15) is 0 Å². The minimum atomic E-state index is -1.07. The van der Waals surface area contributed by atoms with Crippen LogP contribution in [-0.2, 0) is 0 Å². The Balaban J connectivity index is 3.15. The summed E-state index contributed by atoms with van der Waals surface area (Å²) in [4.78, 5) is 10.4. The van der Waals surface area contributed by atoms with Gasteiger partial charge in [-0.05, 0) is 22.6 Å². The van der Waals surface area contributed by atoms with Crippen LogP contribution in [0.2, 0.25) is 0 Å². The first-order valence-electron chi connectivity index (χ1n) is 2.68. The Hall–Kier alpha value is -0.790. The van der Waals surface area contributed by atoms with E-state index in [1.54, 1.807) is 0 Å². The fourth-order valence-electron chi connectivity index (χ4n) is 0.641. The van der Waals surface area contributed by atoms with Gasteiger partial charge < -0.3 is 9.84 Å². The summed E-state index contributed by atoms with van der Waals surface area (Å²) in [5.41, 5.74) is -0.0168. The monoisotopic (exact) mass is 268 g/mol. The molecule has 0 saturated heterocycles. The lowest BCUT2D eigenvalue weighted by Crippen LogP contribution is -1.99. The average molecular weight is 268 g/mol. The highest BCUT2D eigenvalue weighted by Gasteiger charge is 2.16. The molecule has 2 N–H and O–H groups in total. The van der Waals surface area contributed by atoms with E-state index in [0.29, 0.717) is 3.70 Å². The first-order chi connectivity index (χ1) is 5.16. The van der Waals surface area contributed by atoms with Gasteiger partial charge in [0.15, 0.2) is 15.1 Å². The SMILES string of the molecule is COc1c(I)n[nH]c1C(=O)O. The number of aromatic carboxylic acids is 1. The van der Waals surface area contributed by atoms with Gasteiger partial charge in [0, 0.05) is 0 Å². The summed E-state index contributed by atoms with van der Waals surface area (Å²) < 4.78 is 5.31. The highest BCUT2D eigenvalue weighted by Crippen LogP contribution is 2.21. The van der Waals surface area contributed by atoms with Crippen molar-refractivity contribution in [2.45, 2.75) is 0 Å². The van der Waals surface area contributed by atoms with Crippen LogP contribution in [-0.4, -0.2) is 28.4 Å². The molecule has 1 aromatic heterocycles. The van der Waals surface area contributed by atoms with Crippen LogP contribution in [0.15, 0.2) is 0 Å². The molecule has 1 rings (SSSR count). The van der Waals surface area contributed by atoms with Crippen molar-refractivity contribution >= 4 is 28.6 Å². The van der Waals surface area contributed by atoms with Crippen LogP contribution in [0.3, 0.4) is 0 Å². The first kappa shape index (κ1) is 8.31. The normalized spacial score (nSPS) is 9.64. The van der Waals surface area contributed by atoms with Crippen molar-refractivity contribution in [1.82, 2.24) is 10.2 Å². The molecule has 1 heterocycles. The molecule has 6 heteroatoms. The number of nitrogens with zero attached hydrogens (tertiary/aromatic N) is 1. The number of hydrogen-bond donors (Lipinski definition) is 2. The maximum absolute atomic E-state index is 10.4. The van der Waals surface area contributed by atoms with E-state index in [4.69, 9.17) is 9.84 Å². The number of methoxy groups -OCH3 is 1. The van der Waals surface area contributed by atoms with Gasteiger partial charge in [-0.15, -0.1) is 0 Å². The lowest BCUT2D eigenvalue weighted by Gasteiger charge is -1.95. The van der Waals surface area contributed by atoms with Gasteiger partial charge >= 0.3 is 5.97 Å². The van der Waals surface area contributed by atoms with Crippen molar-refractivity contribution in [2.24, 2.45) is 0 Å². The van der Waals surface area contributed by atoms with E-state index in [1.165, 1.54) is 7.11 Å². The van der Waals surface area contributed by atoms with Crippen LogP contribution in [0.5, 0.6) is 5.75 Å². The van der Waals surface area contributed by atoms with E-state index in [9.17, 15) is 4.79 Å². The number of hydrogen-bond acceptors (Lipinski definition) is 3. The number of ether oxygens (including phenoxy) is 1. The van der Waals surface area contributed by atoms with E-state index >= 15 is 0 Å². The molecule has 0 saturated carbocycles.